The molecule has 1 heteroatoms. The molecule has 0 bridgehead atoms. The minimum Gasteiger partial charge on any atom is -0.324 e. The summed E-state index contributed by atoms with van der Waals surface area (Å²) in [4.78, 5) is 0. The summed E-state index contributed by atoms with van der Waals surface area (Å²) < 4.78 is 0. The van der Waals surface area contributed by atoms with E-state index in [0.717, 1.165) is 11.8 Å². The molecule has 0 amide bonds. The van der Waals surface area contributed by atoms with Crippen molar-refractivity contribution in [2.45, 2.75) is 51.0 Å². The fraction of sp³-hybridized carbons (Fsp3) is 0.625. The van der Waals surface area contributed by atoms with E-state index >= 15 is 0 Å². The maximum atomic E-state index is 6.47. The van der Waals surface area contributed by atoms with Crippen molar-refractivity contribution < 1.29 is 0 Å². The molecule has 0 heterocycles. The van der Waals surface area contributed by atoms with Gasteiger partial charge < -0.3 is 5.73 Å². The van der Waals surface area contributed by atoms with Crippen LogP contribution in [-0.2, 0) is 6.42 Å². The van der Waals surface area contributed by atoms with Crippen LogP contribution >= 0.6 is 0 Å². The number of rotatable bonds is 2. The van der Waals surface area contributed by atoms with Crippen LogP contribution in [0, 0.1) is 11.8 Å². The summed E-state index contributed by atoms with van der Waals surface area (Å²) in [5, 5.41) is 0. The molecule has 2 aliphatic carbocycles. The number of nitrogens with two attached hydrogens (primary N) is 1. The van der Waals surface area contributed by atoms with Crippen molar-refractivity contribution in [3.05, 3.63) is 35.4 Å². The van der Waals surface area contributed by atoms with Crippen molar-refractivity contribution in [2.75, 3.05) is 0 Å². The van der Waals surface area contributed by atoms with Crippen LogP contribution < -0.4 is 5.73 Å². The van der Waals surface area contributed by atoms with Crippen molar-refractivity contribution in [3.8, 4) is 0 Å². The molecule has 1 fully saturated rings. The molecule has 0 aromatic heterocycles. The van der Waals surface area contributed by atoms with Gasteiger partial charge in [0.05, 0.1) is 0 Å². The van der Waals surface area contributed by atoms with Crippen LogP contribution in [0.4, 0.5) is 0 Å². The quantitative estimate of drug-likeness (QED) is 0.819. The number of hydrogen-bond acceptors (Lipinski definition) is 1. The van der Waals surface area contributed by atoms with Gasteiger partial charge in [0.25, 0.3) is 0 Å². The van der Waals surface area contributed by atoms with Gasteiger partial charge in [0, 0.05) is 6.04 Å². The fourth-order valence-corrected chi connectivity index (χ4v) is 3.80. The molecule has 0 saturated heterocycles. The molecular formula is C16H23N. The Morgan fingerprint density at radius 1 is 1.06 bits per heavy atom. The van der Waals surface area contributed by atoms with Crippen LogP contribution in [-0.4, -0.2) is 0 Å². The van der Waals surface area contributed by atoms with Crippen molar-refractivity contribution >= 4 is 0 Å². The van der Waals surface area contributed by atoms with Crippen LogP contribution in [0.3, 0.4) is 0 Å². The van der Waals surface area contributed by atoms with Gasteiger partial charge in [-0.15, -0.1) is 0 Å². The average Bonchev–Trinajstić information content (AvgIpc) is 2.86. The zero-order valence-corrected chi connectivity index (χ0v) is 10.6. The Kier molecular flexibility index (Phi) is 3.19. The number of aryl methyl sites for hydroxylation is 1. The van der Waals surface area contributed by atoms with E-state index in [1.165, 1.54) is 56.1 Å². The molecule has 2 N–H and O–H groups in total. The maximum Gasteiger partial charge on any atom is 0.0326 e. The third-order valence-electron chi connectivity index (χ3n) is 4.82. The molecule has 92 valence electrons. The molecule has 3 rings (SSSR count). The lowest BCUT2D eigenvalue weighted by Crippen LogP contribution is -2.28. The zero-order valence-electron chi connectivity index (χ0n) is 10.6. The normalized spacial score (nSPS) is 29.2. The highest BCUT2D eigenvalue weighted by molar-refractivity contribution is 5.32. The van der Waals surface area contributed by atoms with Gasteiger partial charge in [0.2, 0.25) is 0 Å². The molecule has 1 saturated carbocycles. The van der Waals surface area contributed by atoms with E-state index in [-0.39, 0.29) is 0 Å². The molecule has 2 unspecified atom stereocenters. The summed E-state index contributed by atoms with van der Waals surface area (Å²) in [6, 6.07) is 9.06. The predicted octanol–water partition coefficient (Wildman–Crippen LogP) is 3.83. The van der Waals surface area contributed by atoms with Gasteiger partial charge >= 0.3 is 0 Å². The van der Waals surface area contributed by atoms with Gasteiger partial charge in [-0.05, 0) is 42.2 Å². The van der Waals surface area contributed by atoms with E-state index in [0.29, 0.717) is 6.04 Å². The summed E-state index contributed by atoms with van der Waals surface area (Å²) in [7, 11) is 0. The lowest BCUT2D eigenvalue weighted by molar-refractivity contribution is 0.296. The molecule has 0 radical (unpaired) electrons. The van der Waals surface area contributed by atoms with Crippen molar-refractivity contribution in [3.63, 3.8) is 0 Å². The van der Waals surface area contributed by atoms with E-state index in [1.54, 1.807) is 0 Å². The first kappa shape index (κ1) is 11.3. The molecule has 2 atom stereocenters. The van der Waals surface area contributed by atoms with Crippen molar-refractivity contribution in [2.24, 2.45) is 17.6 Å². The first-order valence-corrected chi connectivity index (χ1v) is 7.18. The van der Waals surface area contributed by atoms with Crippen molar-refractivity contribution in [1.82, 2.24) is 0 Å². The van der Waals surface area contributed by atoms with Gasteiger partial charge in [0.15, 0.2) is 0 Å². The molecule has 0 spiro atoms. The highest BCUT2D eigenvalue weighted by Crippen LogP contribution is 2.39. The van der Waals surface area contributed by atoms with E-state index in [9.17, 15) is 0 Å². The molecule has 2 aliphatic rings. The first-order chi connectivity index (χ1) is 8.34. The van der Waals surface area contributed by atoms with E-state index in [2.05, 4.69) is 24.3 Å². The monoisotopic (exact) mass is 229 g/mol. The van der Waals surface area contributed by atoms with Gasteiger partial charge in [-0.3, -0.25) is 0 Å². The third kappa shape index (κ3) is 2.26. The highest BCUT2D eigenvalue weighted by Gasteiger charge is 2.29. The molecule has 17 heavy (non-hydrogen) atoms. The van der Waals surface area contributed by atoms with E-state index in [1.807, 2.05) is 0 Å². The Bertz CT molecular complexity index is 379. The SMILES string of the molecule is NC1c2ccccc2CCC1CC1CCCC1. The predicted molar refractivity (Wildman–Crippen MR) is 71.8 cm³/mol. The first-order valence-electron chi connectivity index (χ1n) is 7.18. The second kappa shape index (κ2) is 4.81. The summed E-state index contributed by atoms with van der Waals surface area (Å²) >= 11 is 0. The van der Waals surface area contributed by atoms with Crippen LogP contribution in [0.15, 0.2) is 24.3 Å². The van der Waals surface area contributed by atoms with Crippen LogP contribution in [0.25, 0.3) is 0 Å². The fourth-order valence-electron chi connectivity index (χ4n) is 3.80. The summed E-state index contributed by atoms with van der Waals surface area (Å²) in [6.45, 7) is 0. The van der Waals surface area contributed by atoms with Crippen molar-refractivity contribution in [1.29, 1.82) is 0 Å². The summed E-state index contributed by atoms with van der Waals surface area (Å²) in [5.41, 5.74) is 9.38. The number of fused-ring (bicyclic) bond motifs is 1. The van der Waals surface area contributed by atoms with Gasteiger partial charge in [0.1, 0.15) is 0 Å². The minimum absolute atomic E-state index is 0.292. The number of benzene rings is 1. The lowest BCUT2D eigenvalue weighted by Gasteiger charge is -2.32. The zero-order chi connectivity index (χ0) is 11.7. The highest BCUT2D eigenvalue weighted by atomic mass is 14.7. The molecule has 0 aliphatic heterocycles. The molecular weight excluding hydrogens is 206 g/mol. The van der Waals surface area contributed by atoms with Gasteiger partial charge in [-0.1, -0.05) is 49.9 Å². The van der Waals surface area contributed by atoms with Gasteiger partial charge in [-0.25, -0.2) is 0 Å². The van der Waals surface area contributed by atoms with E-state index in [4.69, 9.17) is 5.73 Å². The Labute approximate surface area is 104 Å². The Hall–Kier alpha value is -0.820. The third-order valence-corrected chi connectivity index (χ3v) is 4.82. The smallest absolute Gasteiger partial charge is 0.0326 e. The minimum atomic E-state index is 0.292. The molecule has 1 aromatic carbocycles. The average molecular weight is 229 g/mol. The van der Waals surface area contributed by atoms with Crippen LogP contribution in [0.2, 0.25) is 0 Å². The second-order valence-corrected chi connectivity index (χ2v) is 5.91. The lowest BCUT2D eigenvalue weighted by atomic mass is 9.76. The maximum absolute atomic E-state index is 6.47. The largest absolute Gasteiger partial charge is 0.324 e. The summed E-state index contributed by atoms with van der Waals surface area (Å²) in [6.07, 6.45) is 9.70. The Balaban J connectivity index is 1.72. The second-order valence-electron chi connectivity index (χ2n) is 5.91. The van der Waals surface area contributed by atoms with Crippen LogP contribution in [0.5, 0.6) is 0 Å². The van der Waals surface area contributed by atoms with E-state index < -0.39 is 0 Å². The van der Waals surface area contributed by atoms with Gasteiger partial charge in [-0.2, -0.15) is 0 Å². The molecule has 1 aromatic rings. The van der Waals surface area contributed by atoms with Crippen LogP contribution in [0.1, 0.15) is 55.7 Å². The molecule has 1 nitrogen and oxygen atoms in total. The topological polar surface area (TPSA) is 26.0 Å². The summed E-state index contributed by atoms with van der Waals surface area (Å²) in [5.74, 6) is 1.70. The Morgan fingerprint density at radius 3 is 2.65 bits per heavy atom. The number of hydrogen-bond donors (Lipinski definition) is 1. The standard InChI is InChI=1S/C16H23N/c17-16-14(11-12-5-1-2-6-12)10-9-13-7-3-4-8-15(13)16/h3-4,7-8,12,14,16H,1-2,5-6,9-11,17H2. The Morgan fingerprint density at radius 2 is 1.82 bits per heavy atom.